The number of amides is 1. The van der Waals surface area contributed by atoms with Gasteiger partial charge in [-0.25, -0.2) is 4.68 Å². The molecule has 1 aliphatic heterocycles. The summed E-state index contributed by atoms with van der Waals surface area (Å²) in [7, 11) is 1.75. The number of carbonyl (C=O) groups is 1. The van der Waals surface area contributed by atoms with Gasteiger partial charge in [-0.1, -0.05) is 48.5 Å². The van der Waals surface area contributed by atoms with Crippen LogP contribution in [-0.2, 0) is 11.0 Å². The quantitative estimate of drug-likeness (QED) is 0.554. The summed E-state index contributed by atoms with van der Waals surface area (Å²) in [5, 5.41) is 7.32. The van der Waals surface area contributed by atoms with Crippen molar-refractivity contribution in [1.82, 2.24) is 14.7 Å². The van der Waals surface area contributed by atoms with Gasteiger partial charge in [-0.3, -0.25) is 4.79 Å². The summed E-state index contributed by atoms with van der Waals surface area (Å²) in [6.07, 6.45) is 0.436. The number of nitrogens with one attached hydrogen (secondary N) is 1. The van der Waals surface area contributed by atoms with Crippen LogP contribution in [0.3, 0.4) is 0 Å². The molecule has 32 heavy (non-hydrogen) atoms. The number of anilines is 1. The molecule has 4 rings (SSSR count). The highest BCUT2D eigenvalue weighted by Crippen LogP contribution is 2.41. The molecule has 10 heteroatoms. The molecule has 1 amide bonds. The highest BCUT2D eigenvalue weighted by atomic mass is 35.5. The molecule has 0 bridgehead atoms. The van der Waals surface area contributed by atoms with E-state index in [2.05, 4.69) is 10.4 Å². The van der Waals surface area contributed by atoms with Gasteiger partial charge in [-0.2, -0.15) is 18.3 Å². The number of aromatic nitrogens is 2. The van der Waals surface area contributed by atoms with Crippen LogP contribution < -0.4 is 5.32 Å². The van der Waals surface area contributed by atoms with Gasteiger partial charge in [0.2, 0.25) is 0 Å². The molecule has 0 radical (unpaired) electrons. The van der Waals surface area contributed by atoms with E-state index in [0.29, 0.717) is 21.9 Å². The second-order valence-electron chi connectivity index (χ2n) is 8.30. The fourth-order valence-electron chi connectivity index (χ4n) is 4.50. The average Bonchev–Trinajstić information content (AvgIpc) is 3.18. The minimum Gasteiger partial charge on any atom is -0.344 e. The first kappa shape index (κ1) is 23.0. The predicted octanol–water partition coefficient (Wildman–Crippen LogP) is 6.29. The number of carbonyl (C=O) groups excluding carboxylic acids is 1. The number of benzene rings is 1. The predicted molar refractivity (Wildman–Crippen MR) is 118 cm³/mol. The van der Waals surface area contributed by atoms with Gasteiger partial charge < -0.3 is 10.2 Å². The number of allylic oxidation sites excluding steroid dienone is 1. The highest BCUT2D eigenvalue weighted by Gasteiger charge is 2.40. The van der Waals surface area contributed by atoms with E-state index in [9.17, 15) is 18.0 Å². The molecular weight excluding hydrogens is 464 g/mol. The molecule has 2 aromatic rings. The summed E-state index contributed by atoms with van der Waals surface area (Å²) >= 11 is 12.3. The molecule has 1 fully saturated rings. The van der Waals surface area contributed by atoms with Gasteiger partial charge in [0.25, 0.3) is 5.91 Å². The Labute approximate surface area is 194 Å². The van der Waals surface area contributed by atoms with Crippen LogP contribution in [0.15, 0.2) is 35.5 Å². The summed E-state index contributed by atoms with van der Waals surface area (Å²) in [4.78, 5) is 15.4. The number of halogens is 5. The van der Waals surface area contributed by atoms with E-state index in [-0.39, 0.29) is 22.8 Å². The van der Waals surface area contributed by atoms with Crippen LogP contribution in [0.2, 0.25) is 10.0 Å². The first-order valence-electron chi connectivity index (χ1n) is 10.4. The van der Waals surface area contributed by atoms with Crippen LogP contribution in [0.25, 0.3) is 0 Å². The molecule has 0 saturated heterocycles. The fourth-order valence-corrected chi connectivity index (χ4v) is 4.81. The molecule has 5 nitrogen and oxygen atoms in total. The Morgan fingerprint density at radius 3 is 2.47 bits per heavy atom. The van der Waals surface area contributed by atoms with E-state index in [1.165, 1.54) is 4.68 Å². The Balaban J connectivity index is 1.82. The van der Waals surface area contributed by atoms with E-state index in [1.54, 1.807) is 37.1 Å². The first-order valence-corrected chi connectivity index (χ1v) is 11.2. The number of fused-ring (bicyclic) bond motifs is 1. The normalized spacial score (nSPS) is 19.5. The third-order valence-electron chi connectivity index (χ3n) is 6.20. The summed E-state index contributed by atoms with van der Waals surface area (Å²) in [6, 6.07) is 4.95. The molecule has 1 saturated carbocycles. The SMILES string of the molecule is CC1=C(C(=O)N(C)C2CCCCC2)C(c2ccc(Cl)c(Cl)c2)n2nc(C(F)(F)F)cc2N1. The van der Waals surface area contributed by atoms with Crippen LogP contribution in [-0.4, -0.2) is 33.7 Å². The van der Waals surface area contributed by atoms with Crippen molar-refractivity contribution in [2.75, 3.05) is 12.4 Å². The summed E-state index contributed by atoms with van der Waals surface area (Å²) in [5.41, 5.74) is 0.307. The third kappa shape index (κ3) is 4.22. The Morgan fingerprint density at radius 1 is 1.16 bits per heavy atom. The van der Waals surface area contributed by atoms with Crippen LogP contribution in [0.5, 0.6) is 0 Å². The van der Waals surface area contributed by atoms with Crippen molar-refractivity contribution in [1.29, 1.82) is 0 Å². The van der Waals surface area contributed by atoms with Gasteiger partial charge in [-0.15, -0.1) is 0 Å². The van der Waals surface area contributed by atoms with Gasteiger partial charge in [0, 0.05) is 24.9 Å². The molecule has 1 aliphatic carbocycles. The van der Waals surface area contributed by atoms with Crippen molar-refractivity contribution in [3.63, 3.8) is 0 Å². The Kier molecular flexibility index (Phi) is 6.20. The van der Waals surface area contributed by atoms with Gasteiger partial charge in [0.1, 0.15) is 11.9 Å². The van der Waals surface area contributed by atoms with Crippen molar-refractivity contribution >= 4 is 34.9 Å². The summed E-state index contributed by atoms with van der Waals surface area (Å²) in [5.74, 6) is -0.0875. The summed E-state index contributed by atoms with van der Waals surface area (Å²) in [6.45, 7) is 1.69. The minimum atomic E-state index is -4.62. The molecule has 0 spiro atoms. The number of rotatable bonds is 3. The van der Waals surface area contributed by atoms with Gasteiger partial charge in [0.15, 0.2) is 5.69 Å². The molecule has 1 unspecified atom stereocenters. The highest BCUT2D eigenvalue weighted by molar-refractivity contribution is 6.42. The van der Waals surface area contributed by atoms with E-state index in [0.717, 1.165) is 38.2 Å². The number of alkyl halides is 3. The lowest BCUT2D eigenvalue weighted by Gasteiger charge is -2.36. The Morgan fingerprint density at radius 2 is 1.84 bits per heavy atom. The molecule has 1 aromatic heterocycles. The van der Waals surface area contributed by atoms with Crippen LogP contribution >= 0.6 is 23.2 Å². The molecule has 172 valence electrons. The van der Waals surface area contributed by atoms with E-state index >= 15 is 0 Å². The van der Waals surface area contributed by atoms with Gasteiger partial charge >= 0.3 is 6.18 Å². The number of hydrogen-bond acceptors (Lipinski definition) is 3. The topological polar surface area (TPSA) is 50.2 Å². The van der Waals surface area contributed by atoms with Crippen LogP contribution in [0.4, 0.5) is 19.0 Å². The van der Waals surface area contributed by atoms with Crippen LogP contribution in [0, 0.1) is 0 Å². The lowest BCUT2D eigenvalue weighted by Crippen LogP contribution is -2.42. The summed E-state index contributed by atoms with van der Waals surface area (Å²) < 4.78 is 41.4. The lowest BCUT2D eigenvalue weighted by molar-refractivity contribution is -0.141. The third-order valence-corrected chi connectivity index (χ3v) is 6.94. The van der Waals surface area contributed by atoms with Crippen molar-refractivity contribution in [2.45, 2.75) is 57.3 Å². The zero-order valence-corrected chi connectivity index (χ0v) is 19.2. The van der Waals surface area contributed by atoms with E-state index in [1.807, 2.05) is 0 Å². The Hall–Kier alpha value is -2.19. The molecule has 2 aliphatic rings. The number of nitrogens with zero attached hydrogens (tertiary/aromatic N) is 3. The standard InChI is InChI=1S/C22H23Cl2F3N4O/c1-12-19(21(32)30(2)14-6-4-3-5-7-14)20(13-8-9-15(23)16(24)10-13)31-18(28-12)11-17(29-31)22(25,26)27/h8-11,14,20,28H,3-7H2,1-2H3. The molecule has 1 N–H and O–H groups in total. The monoisotopic (exact) mass is 486 g/mol. The maximum absolute atomic E-state index is 13.7. The second-order valence-corrected chi connectivity index (χ2v) is 9.12. The number of hydrogen-bond donors (Lipinski definition) is 1. The first-order chi connectivity index (χ1) is 15.1. The maximum Gasteiger partial charge on any atom is 0.435 e. The Bertz CT molecular complexity index is 1070. The van der Waals surface area contributed by atoms with Gasteiger partial charge in [-0.05, 0) is 37.5 Å². The fraction of sp³-hybridized carbons (Fsp3) is 0.455. The lowest BCUT2D eigenvalue weighted by atomic mass is 9.91. The molecular formula is C22H23Cl2F3N4O. The minimum absolute atomic E-state index is 0.0933. The molecule has 2 heterocycles. The molecule has 1 aromatic carbocycles. The van der Waals surface area contributed by atoms with E-state index in [4.69, 9.17) is 23.2 Å². The second kappa shape index (κ2) is 8.63. The van der Waals surface area contributed by atoms with Crippen molar-refractivity contribution < 1.29 is 18.0 Å². The average molecular weight is 487 g/mol. The smallest absolute Gasteiger partial charge is 0.344 e. The molecule has 1 atom stereocenters. The largest absolute Gasteiger partial charge is 0.435 e. The number of likely N-dealkylation sites (N-methyl/N-ethyl adjacent to an activating group) is 1. The van der Waals surface area contributed by atoms with Crippen molar-refractivity contribution in [3.05, 3.63) is 56.8 Å². The van der Waals surface area contributed by atoms with Crippen molar-refractivity contribution in [2.24, 2.45) is 0 Å². The van der Waals surface area contributed by atoms with E-state index < -0.39 is 17.9 Å². The maximum atomic E-state index is 13.7. The van der Waals surface area contributed by atoms with Gasteiger partial charge in [0.05, 0.1) is 15.6 Å². The van der Waals surface area contributed by atoms with Crippen LogP contribution in [0.1, 0.15) is 56.3 Å². The zero-order valence-electron chi connectivity index (χ0n) is 17.6. The van der Waals surface area contributed by atoms with Crippen molar-refractivity contribution in [3.8, 4) is 0 Å². The zero-order chi connectivity index (χ0) is 23.2.